The highest BCUT2D eigenvalue weighted by Crippen LogP contribution is 2.24. The van der Waals surface area contributed by atoms with Crippen LogP contribution in [0.15, 0.2) is 12.2 Å². The van der Waals surface area contributed by atoms with Crippen molar-refractivity contribution in [1.29, 1.82) is 0 Å². The summed E-state index contributed by atoms with van der Waals surface area (Å²) in [6.07, 6.45) is 8.37. The van der Waals surface area contributed by atoms with E-state index in [9.17, 15) is 0 Å². The molecule has 15 heavy (non-hydrogen) atoms. The predicted molar refractivity (Wildman–Crippen MR) is 71.6 cm³/mol. The third kappa shape index (κ3) is 6.26. The van der Waals surface area contributed by atoms with E-state index in [1.54, 1.807) is 0 Å². The minimum atomic E-state index is 0.391. The highest BCUT2D eigenvalue weighted by Gasteiger charge is 2.16. The van der Waals surface area contributed by atoms with Crippen LogP contribution in [0.4, 0.5) is 0 Å². The van der Waals surface area contributed by atoms with E-state index in [0.29, 0.717) is 16.8 Å². The third-order valence-corrected chi connectivity index (χ3v) is 4.09. The fourth-order valence-electron chi connectivity index (χ4n) is 1.77. The van der Waals surface area contributed by atoms with E-state index in [2.05, 4.69) is 45.2 Å². The number of hydrogen-bond acceptors (Lipinski definition) is 2. The minimum absolute atomic E-state index is 0.391. The van der Waals surface area contributed by atoms with Crippen LogP contribution in [0.5, 0.6) is 0 Å². The molecular formula is C13H25NS. The number of hydrogen-bond donors (Lipinski definition) is 1. The molecule has 0 saturated carbocycles. The summed E-state index contributed by atoms with van der Waals surface area (Å²) < 4.78 is 0.391. The van der Waals surface area contributed by atoms with Crippen molar-refractivity contribution in [2.75, 3.05) is 5.75 Å². The maximum absolute atomic E-state index is 3.72. The van der Waals surface area contributed by atoms with Gasteiger partial charge in [0.15, 0.2) is 0 Å². The van der Waals surface area contributed by atoms with Gasteiger partial charge in [0.05, 0.1) is 0 Å². The maximum Gasteiger partial charge on any atom is 0.0132 e. The van der Waals surface area contributed by atoms with Crippen LogP contribution in [0.2, 0.25) is 0 Å². The van der Waals surface area contributed by atoms with Crippen LogP contribution >= 0.6 is 11.8 Å². The first kappa shape index (κ1) is 13.1. The lowest BCUT2D eigenvalue weighted by Gasteiger charge is -2.26. The highest BCUT2D eigenvalue weighted by molar-refractivity contribution is 8.00. The van der Waals surface area contributed by atoms with Crippen molar-refractivity contribution in [2.45, 2.75) is 63.8 Å². The Hall–Kier alpha value is 0.0500. The molecule has 0 aromatic rings. The van der Waals surface area contributed by atoms with E-state index in [-0.39, 0.29) is 0 Å². The van der Waals surface area contributed by atoms with Gasteiger partial charge >= 0.3 is 0 Å². The summed E-state index contributed by atoms with van der Waals surface area (Å²) in [5.74, 6) is 1.21. The van der Waals surface area contributed by atoms with Crippen LogP contribution in [0.25, 0.3) is 0 Å². The van der Waals surface area contributed by atoms with Crippen molar-refractivity contribution in [3.05, 3.63) is 12.2 Å². The monoisotopic (exact) mass is 227 g/mol. The lowest BCUT2D eigenvalue weighted by Crippen LogP contribution is -2.39. The van der Waals surface area contributed by atoms with Gasteiger partial charge in [0.25, 0.3) is 0 Å². The van der Waals surface area contributed by atoms with Gasteiger partial charge in [-0.3, -0.25) is 0 Å². The smallest absolute Gasteiger partial charge is 0.0132 e. The fourth-order valence-corrected chi connectivity index (χ4v) is 2.62. The van der Waals surface area contributed by atoms with Crippen LogP contribution in [0.3, 0.4) is 0 Å². The summed E-state index contributed by atoms with van der Waals surface area (Å²) in [5, 5.41) is 3.72. The molecule has 2 atom stereocenters. The summed E-state index contributed by atoms with van der Waals surface area (Å²) >= 11 is 2.05. The lowest BCUT2D eigenvalue weighted by atomic mass is 10.0. The first-order valence-corrected chi connectivity index (χ1v) is 7.01. The predicted octanol–water partition coefficient (Wildman–Crippen LogP) is 3.60. The number of nitrogens with one attached hydrogen (secondary N) is 1. The van der Waals surface area contributed by atoms with E-state index in [0.717, 1.165) is 0 Å². The molecule has 1 aliphatic carbocycles. The highest BCUT2D eigenvalue weighted by atomic mass is 32.2. The topological polar surface area (TPSA) is 12.0 Å². The molecule has 1 rings (SSSR count). The Labute approximate surface area is 99.1 Å². The third-order valence-electron chi connectivity index (χ3n) is 2.56. The zero-order valence-electron chi connectivity index (χ0n) is 10.5. The molecule has 0 radical (unpaired) electrons. The second-order valence-electron chi connectivity index (χ2n) is 5.47. The Morgan fingerprint density at radius 1 is 1.40 bits per heavy atom. The summed E-state index contributed by atoms with van der Waals surface area (Å²) in [4.78, 5) is 0. The minimum Gasteiger partial charge on any atom is -0.310 e. The molecule has 0 bridgehead atoms. The molecular weight excluding hydrogens is 202 g/mol. The largest absolute Gasteiger partial charge is 0.310 e. The molecule has 0 fully saturated rings. The van der Waals surface area contributed by atoms with Crippen LogP contribution in [0.1, 0.15) is 47.0 Å². The van der Waals surface area contributed by atoms with Gasteiger partial charge < -0.3 is 5.32 Å². The summed E-state index contributed by atoms with van der Waals surface area (Å²) in [7, 11) is 0. The Balaban J connectivity index is 2.17. The number of rotatable bonds is 4. The van der Waals surface area contributed by atoms with E-state index in [1.807, 2.05) is 11.8 Å². The summed E-state index contributed by atoms with van der Waals surface area (Å²) in [6, 6.07) is 1.34. The van der Waals surface area contributed by atoms with Crippen molar-refractivity contribution in [3.8, 4) is 0 Å². The lowest BCUT2D eigenvalue weighted by molar-refractivity contribution is 0.437. The first-order chi connectivity index (χ1) is 6.97. The van der Waals surface area contributed by atoms with E-state index >= 15 is 0 Å². The van der Waals surface area contributed by atoms with Gasteiger partial charge in [-0.1, -0.05) is 32.9 Å². The summed E-state index contributed by atoms with van der Waals surface area (Å²) in [5.41, 5.74) is 0. The molecule has 1 N–H and O–H groups in total. The van der Waals surface area contributed by atoms with Gasteiger partial charge in [-0.05, 0) is 26.2 Å². The normalized spacial score (nSPS) is 24.1. The molecule has 0 heterocycles. The zero-order chi connectivity index (χ0) is 11.3. The van der Waals surface area contributed by atoms with Gasteiger partial charge in [-0.15, -0.1) is 0 Å². The molecule has 1 aliphatic rings. The number of allylic oxidation sites excluding steroid dienone is 1. The van der Waals surface area contributed by atoms with Gasteiger partial charge in [0.1, 0.15) is 0 Å². The average molecular weight is 227 g/mol. The fraction of sp³-hybridized carbons (Fsp3) is 0.846. The van der Waals surface area contributed by atoms with Crippen molar-refractivity contribution in [1.82, 2.24) is 5.32 Å². The SMILES string of the molecule is CC(CSC(C)(C)C)NC1CC=CCC1. The van der Waals surface area contributed by atoms with Gasteiger partial charge in [-0.2, -0.15) is 11.8 Å². The molecule has 0 amide bonds. The van der Waals surface area contributed by atoms with Crippen LogP contribution in [-0.2, 0) is 0 Å². The van der Waals surface area contributed by atoms with Crippen molar-refractivity contribution in [3.63, 3.8) is 0 Å². The molecule has 2 heteroatoms. The molecule has 0 aromatic heterocycles. The van der Waals surface area contributed by atoms with Gasteiger partial charge in [0.2, 0.25) is 0 Å². The average Bonchev–Trinajstić information content (AvgIpc) is 2.15. The molecule has 1 nitrogen and oxygen atoms in total. The number of thioether (sulfide) groups is 1. The molecule has 0 saturated heterocycles. The van der Waals surface area contributed by atoms with E-state index in [1.165, 1.54) is 25.0 Å². The van der Waals surface area contributed by atoms with Crippen LogP contribution in [0, 0.1) is 0 Å². The molecule has 88 valence electrons. The Bertz CT molecular complexity index is 205. The molecule has 0 aliphatic heterocycles. The summed E-state index contributed by atoms with van der Waals surface area (Å²) in [6.45, 7) is 9.16. The maximum atomic E-state index is 3.72. The van der Waals surface area contributed by atoms with Crippen molar-refractivity contribution in [2.24, 2.45) is 0 Å². The Kier molecular flexibility index (Phi) is 5.20. The first-order valence-electron chi connectivity index (χ1n) is 6.02. The van der Waals surface area contributed by atoms with Crippen LogP contribution < -0.4 is 5.32 Å². The van der Waals surface area contributed by atoms with Crippen molar-refractivity contribution >= 4 is 11.8 Å². The van der Waals surface area contributed by atoms with E-state index < -0.39 is 0 Å². The Morgan fingerprint density at radius 2 is 2.13 bits per heavy atom. The van der Waals surface area contributed by atoms with E-state index in [4.69, 9.17) is 0 Å². The second kappa shape index (κ2) is 5.95. The second-order valence-corrected chi connectivity index (χ2v) is 7.32. The van der Waals surface area contributed by atoms with Crippen molar-refractivity contribution < 1.29 is 0 Å². The quantitative estimate of drug-likeness (QED) is 0.736. The van der Waals surface area contributed by atoms with Crippen LogP contribution in [-0.4, -0.2) is 22.6 Å². The molecule has 2 unspecified atom stereocenters. The zero-order valence-corrected chi connectivity index (χ0v) is 11.4. The molecule has 0 spiro atoms. The standard InChI is InChI=1S/C13H25NS/c1-11(10-15-13(2,3)4)14-12-8-6-5-7-9-12/h5-6,11-12,14H,7-10H2,1-4H3. The van der Waals surface area contributed by atoms with Gasteiger partial charge in [-0.25, -0.2) is 0 Å². The molecule has 0 aromatic carbocycles. The Morgan fingerprint density at radius 3 is 2.67 bits per heavy atom. The van der Waals surface area contributed by atoms with Gasteiger partial charge in [0, 0.05) is 22.6 Å².